The predicted octanol–water partition coefficient (Wildman–Crippen LogP) is 4.74. The zero-order valence-electron chi connectivity index (χ0n) is 20.4. The fourth-order valence-electron chi connectivity index (χ4n) is 2.37. The van der Waals surface area contributed by atoms with Gasteiger partial charge in [-0.05, 0) is 58.7 Å². The van der Waals surface area contributed by atoms with E-state index in [4.69, 9.17) is 16.6 Å². The summed E-state index contributed by atoms with van der Waals surface area (Å²) in [6.07, 6.45) is 2.94. The standard InChI is InChI=1S/C17H23N5O.C3H8.2CH3N.CH4S/c1-4-22(16(23)14-7-5-6-8-15(14)18)10-9-19-17-20-12(2)11-13(3)21-17;1-3-2;3*1-2/h5-8,11H,4,9-10,18H2,1-3H3,(H,19,20,21);3H2,1-2H3;2*2H,1H2;2H,1H3. The van der Waals surface area contributed by atoms with Crippen molar-refractivity contribution < 1.29 is 4.79 Å². The van der Waals surface area contributed by atoms with Crippen LogP contribution in [-0.4, -0.2) is 60.1 Å². The lowest BCUT2D eigenvalue weighted by molar-refractivity contribution is 0.0771. The average Bonchev–Trinajstić information content (AvgIpc) is 2.81. The van der Waals surface area contributed by atoms with Gasteiger partial charge in [-0.15, -0.1) is 0 Å². The fourth-order valence-corrected chi connectivity index (χ4v) is 2.37. The number of para-hydroxylation sites is 1. The van der Waals surface area contributed by atoms with Gasteiger partial charge in [0.25, 0.3) is 5.91 Å². The quantitative estimate of drug-likeness (QED) is 0.240. The Morgan fingerprint density at radius 1 is 1.06 bits per heavy atom. The van der Waals surface area contributed by atoms with Gasteiger partial charge in [-0.3, -0.25) is 4.79 Å². The number of nitrogens with zero attached hydrogens (tertiary/aromatic N) is 3. The summed E-state index contributed by atoms with van der Waals surface area (Å²) in [6, 6.07) is 9.05. The Kier molecular flexibility index (Phi) is 23.9. The van der Waals surface area contributed by atoms with Crippen molar-refractivity contribution in [1.82, 2.24) is 14.9 Å². The third-order valence-corrected chi connectivity index (χ3v) is 3.51. The van der Waals surface area contributed by atoms with E-state index in [0.29, 0.717) is 36.8 Å². The van der Waals surface area contributed by atoms with Crippen molar-refractivity contribution in [2.45, 2.75) is 41.0 Å². The van der Waals surface area contributed by atoms with Gasteiger partial charge in [0.1, 0.15) is 0 Å². The molecular formula is C23H41N7OS. The summed E-state index contributed by atoms with van der Waals surface area (Å²) >= 11 is 3.53. The van der Waals surface area contributed by atoms with E-state index >= 15 is 0 Å². The topological polar surface area (TPSA) is 132 Å². The molecule has 0 fully saturated rings. The lowest BCUT2D eigenvalue weighted by Crippen LogP contribution is -2.35. The number of hydrogen-bond acceptors (Lipinski definition) is 8. The van der Waals surface area contributed by atoms with E-state index in [1.54, 1.807) is 23.3 Å². The van der Waals surface area contributed by atoms with Gasteiger partial charge in [-0.2, -0.15) is 12.6 Å². The van der Waals surface area contributed by atoms with Crippen molar-refractivity contribution in [3.63, 3.8) is 0 Å². The van der Waals surface area contributed by atoms with Gasteiger partial charge in [0.15, 0.2) is 0 Å². The third kappa shape index (κ3) is 14.1. The zero-order chi connectivity index (χ0) is 25.5. The number of thiol groups is 1. The minimum absolute atomic E-state index is 0.0614. The van der Waals surface area contributed by atoms with E-state index in [9.17, 15) is 4.79 Å². The number of likely N-dealkylation sites (N-methyl/N-ethyl adjacent to an activating group) is 1. The smallest absolute Gasteiger partial charge is 0.255 e. The summed E-state index contributed by atoms with van der Waals surface area (Å²) in [6.45, 7) is 16.8. The van der Waals surface area contributed by atoms with Gasteiger partial charge in [-0.1, -0.05) is 32.4 Å². The summed E-state index contributed by atoms with van der Waals surface area (Å²) in [5.41, 5.74) is 8.76. The molecule has 1 amide bonds. The van der Waals surface area contributed by atoms with Crippen molar-refractivity contribution in [1.29, 1.82) is 10.8 Å². The van der Waals surface area contributed by atoms with E-state index < -0.39 is 0 Å². The molecule has 1 aromatic carbocycles. The molecule has 9 heteroatoms. The average molecular weight is 464 g/mol. The van der Waals surface area contributed by atoms with Gasteiger partial charge < -0.3 is 26.8 Å². The van der Waals surface area contributed by atoms with Crippen LogP contribution in [0.1, 0.15) is 48.9 Å². The Labute approximate surface area is 199 Å². The second-order valence-electron chi connectivity index (χ2n) is 6.08. The molecule has 0 spiro atoms. The van der Waals surface area contributed by atoms with E-state index in [-0.39, 0.29) is 5.91 Å². The molecule has 8 nitrogen and oxygen atoms in total. The number of nitrogen functional groups attached to an aromatic ring is 1. The molecule has 0 aliphatic carbocycles. The number of anilines is 2. The van der Waals surface area contributed by atoms with E-state index in [1.807, 2.05) is 39.0 Å². The van der Waals surface area contributed by atoms with Gasteiger partial charge in [0, 0.05) is 36.7 Å². The highest BCUT2D eigenvalue weighted by Crippen LogP contribution is 2.13. The Hall–Kier alpha value is -2.94. The number of aromatic nitrogens is 2. The highest BCUT2D eigenvalue weighted by atomic mass is 32.1. The van der Waals surface area contributed by atoms with Crippen LogP contribution in [0.15, 0.2) is 30.3 Å². The second-order valence-corrected chi connectivity index (χ2v) is 6.08. The number of carbonyl (C=O) groups excluding carboxylic acids is 1. The first-order valence-corrected chi connectivity index (χ1v) is 11.2. The Bertz CT molecular complexity index is 722. The minimum Gasteiger partial charge on any atom is -0.398 e. The van der Waals surface area contributed by atoms with Crippen LogP contribution in [0.3, 0.4) is 0 Å². The molecule has 0 saturated carbocycles. The van der Waals surface area contributed by atoms with E-state index in [2.05, 4.69) is 55.2 Å². The molecule has 0 radical (unpaired) electrons. The molecule has 0 atom stereocenters. The van der Waals surface area contributed by atoms with Crippen LogP contribution < -0.4 is 11.1 Å². The summed E-state index contributed by atoms with van der Waals surface area (Å²) in [4.78, 5) is 22.9. The maximum Gasteiger partial charge on any atom is 0.255 e. The molecule has 0 aliphatic rings. The maximum absolute atomic E-state index is 12.5. The normalized spacial score (nSPS) is 8.47. The van der Waals surface area contributed by atoms with Gasteiger partial charge in [-0.25, -0.2) is 9.97 Å². The first-order chi connectivity index (χ1) is 15.4. The largest absolute Gasteiger partial charge is 0.398 e. The number of nitrogens with one attached hydrogen (secondary N) is 3. The van der Waals surface area contributed by atoms with Crippen LogP contribution >= 0.6 is 12.6 Å². The Balaban J connectivity index is -0.000000822. The molecule has 180 valence electrons. The number of benzene rings is 1. The molecule has 5 N–H and O–H groups in total. The Morgan fingerprint density at radius 3 is 1.97 bits per heavy atom. The van der Waals surface area contributed by atoms with Crippen molar-refractivity contribution in [3.8, 4) is 0 Å². The van der Waals surface area contributed by atoms with E-state index in [0.717, 1.165) is 11.4 Å². The highest BCUT2D eigenvalue weighted by molar-refractivity contribution is 7.79. The van der Waals surface area contributed by atoms with Crippen molar-refractivity contribution in [3.05, 3.63) is 47.3 Å². The van der Waals surface area contributed by atoms with Crippen molar-refractivity contribution >= 4 is 43.6 Å². The number of amides is 1. The third-order valence-electron chi connectivity index (χ3n) is 3.51. The number of carbonyl (C=O) groups is 1. The molecular weight excluding hydrogens is 422 g/mol. The fraction of sp³-hybridized carbons (Fsp3) is 0.435. The van der Waals surface area contributed by atoms with Crippen LogP contribution in [0.25, 0.3) is 0 Å². The van der Waals surface area contributed by atoms with Crippen molar-refractivity contribution in [2.75, 3.05) is 36.9 Å². The molecule has 2 rings (SSSR count). The molecule has 0 saturated heterocycles. The SMILES string of the molecule is C=N.C=N.CCC.CCN(CCNc1nc(C)cc(C)n1)C(=O)c1ccccc1N.CS. The van der Waals surface area contributed by atoms with E-state index in [1.165, 1.54) is 6.42 Å². The molecule has 2 aromatic rings. The van der Waals surface area contributed by atoms with Gasteiger partial charge >= 0.3 is 0 Å². The number of hydrogen-bond donors (Lipinski definition) is 5. The molecule has 1 heterocycles. The number of rotatable bonds is 6. The van der Waals surface area contributed by atoms with Gasteiger partial charge in [0.05, 0.1) is 5.56 Å². The van der Waals surface area contributed by atoms with Crippen LogP contribution in [0.4, 0.5) is 11.6 Å². The molecule has 0 bridgehead atoms. The van der Waals surface area contributed by atoms with Crippen LogP contribution in [-0.2, 0) is 0 Å². The first-order valence-electron chi connectivity index (χ1n) is 10.3. The number of aryl methyl sites for hydroxylation is 2. The van der Waals surface area contributed by atoms with Crippen molar-refractivity contribution in [2.24, 2.45) is 0 Å². The van der Waals surface area contributed by atoms with Crippen LogP contribution in [0, 0.1) is 24.7 Å². The summed E-state index contributed by atoms with van der Waals surface area (Å²) in [5, 5.41) is 14.2. The summed E-state index contributed by atoms with van der Waals surface area (Å²) < 4.78 is 0. The lowest BCUT2D eigenvalue weighted by Gasteiger charge is -2.22. The summed E-state index contributed by atoms with van der Waals surface area (Å²) in [5.74, 6) is 0.527. The molecule has 32 heavy (non-hydrogen) atoms. The van der Waals surface area contributed by atoms with Crippen LogP contribution in [0.5, 0.6) is 0 Å². The first kappa shape index (κ1) is 33.7. The second kappa shape index (κ2) is 22.7. The zero-order valence-corrected chi connectivity index (χ0v) is 21.3. The lowest BCUT2D eigenvalue weighted by atomic mass is 10.1. The van der Waals surface area contributed by atoms with Crippen LogP contribution in [0.2, 0.25) is 0 Å². The monoisotopic (exact) mass is 463 g/mol. The molecule has 0 aliphatic heterocycles. The maximum atomic E-state index is 12.5. The summed E-state index contributed by atoms with van der Waals surface area (Å²) in [7, 11) is 0. The highest BCUT2D eigenvalue weighted by Gasteiger charge is 2.16. The Morgan fingerprint density at radius 2 is 1.53 bits per heavy atom. The molecule has 0 unspecified atom stereocenters. The predicted molar refractivity (Wildman–Crippen MR) is 143 cm³/mol. The van der Waals surface area contributed by atoms with Gasteiger partial charge in [0.2, 0.25) is 5.95 Å². The molecule has 1 aromatic heterocycles. The number of nitrogens with two attached hydrogens (primary N) is 1. The minimum atomic E-state index is -0.0614.